The molecule has 1 heterocycles. The molecule has 3 amide bonds. The average Bonchev–Trinajstić information content (AvgIpc) is 2.68. The van der Waals surface area contributed by atoms with E-state index in [-0.39, 0.29) is 24.5 Å². The molecule has 1 unspecified atom stereocenters. The lowest BCUT2D eigenvalue weighted by Crippen LogP contribution is -2.47. The van der Waals surface area contributed by atoms with E-state index >= 15 is 0 Å². The normalized spacial score (nSPS) is 15.8. The first-order valence-corrected chi connectivity index (χ1v) is 9.50. The quantitative estimate of drug-likeness (QED) is 0.890. The number of benzene rings is 2. The Morgan fingerprint density at radius 2 is 1.85 bits per heavy atom. The minimum Gasteiger partial charge on any atom is -0.334 e. The van der Waals surface area contributed by atoms with Crippen molar-refractivity contribution in [3.05, 3.63) is 65.2 Å². The van der Waals surface area contributed by atoms with Gasteiger partial charge in [0.25, 0.3) is 0 Å². The van der Waals surface area contributed by atoms with Crippen LogP contribution in [-0.4, -0.2) is 41.4 Å². The van der Waals surface area contributed by atoms with E-state index < -0.39 is 0 Å². The molecule has 5 heteroatoms. The van der Waals surface area contributed by atoms with Crippen LogP contribution in [0.4, 0.5) is 10.5 Å². The third-order valence-corrected chi connectivity index (χ3v) is 5.30. The molecule has 1 atom stereocenters. The molecule has 0 fully saturated rings. The Hall–Kier alpha value is -2.82. The van der Waals surface area contributed by atoms with Gasteiger partial charge in [-0.3, -0.25) is 4.79 Å². The van der Waals surface area contributed by atoms with Gasteiger partial charge in [-0.15, -0.1) is 0 Å². The van der Waals surface area contributed by atoms with Gasteiger partial charge in [0.05, 0.1) is 6.04 Å². The van der Waals surface area contributed by atoms with Crippen LogP contribution >= 0.6 is 0 Å². The lowest BCUT2D eigenvalue weighted by Gasteiger charge is -2.36. The second-order valence-corrected chi connectivity index (χ2v) is 6.97. The molecule has 2 aromatic carbocycles. The molecule has 1 N–H and O–H groups in total. The van der Waals surface area contributed by atoms with Gasteiger partial charge in [0.2, 0.25) is 5.91 Å². The van der Waals surface area contributed by atoms with Crippen LogP contribution in [0.3, 0.4) is 0 Å². The molecule has 1 aliphatic rings. The minimum atomic E-state index is -0.245. The first-order valence-electron chi connectivity index (χ1n) is 9.50. The summed E-state index contributed by atoms with van der Waals surface area (Å²) in [6, 6.07) is 15.7. The monoisotopic (exact) mass is 365 g/mol. The predicted octanol–water partition coefficient (Wildman–Crippen LogP) is 3.99. The molecule has 0 saturated heterocycles. The van der Waals surface area contributed by atoms with Crippen LogP contribution in [-0.2, 0) is 11.2 Å². The van der Waals surface area contributed by atoms with Gasteiger partial charge in [0.15, 0.2) is 0 Å². The van der Waals surface area contributed by atoms with Crippen LogP contribution in [0.15, 0.2) is 48.5 Å². The summed E-state index contributed by atoms with van der Waals surface area (Å²) in [6.45, 7) is 7.14. The van der Waals surface area contributed by atoms with Crippen molar-refractivity contribution in [2.75, 3.05) is 25.0 Å². The van der Waals surface area contributed by atoms with E-state index in [1.165, 1.54) is 11.1 Å². The summed E-state index contributed by atoms with van der Waals surface area (Å²) in [4.78, 5) is 29.0. The number of hydrogen-bond acceptors (Lipinski definition) is 2. The number of likely N-dealkylation sites (N-methyl/N-ethyl adjacent to an activating group) is 1. The number of hydrogen-bond donors (Lipinski definition) is 1. The van der Waals surface area contributed by atoms with Crippen molar-refractivity contribution >= 4 is 17.6 Å². The number of rotatable bonds is 4. The number of urea groups is 1. The van der Waals surface area contributed by atoms with Crippen molar-refractivity contribution in [2.45, 2.75) is 33.2 Å². The van der Waals surface area contributed by atoms with E-state index in [1.54, 1.807) is 4.90 Å². The van der Waals surface area contributed by atoms with Gasteiger partial charge in [-0.2, -0.15) is 0 Å². The second kappa shape index (κ2) is 8.25. The van der Waals surface area contributed by atoms with Gasteiger partial charge in [-0.25, -0.2) is 4.79 Å². The molecule has 0 spiro atoms. The second-order valence-electron chi connectivity index (χ2n) is 6.97. The highest BCUT2D eigenvalue weighted by molar-refractivity contribution is 5.93. The van der Waals surface area contributed by atoms with Gasteiger partial charge in [-0.05, 0) is 49.9 Å². The summed E-state index contributed by atoms with van der Waals surface area (Å²) >= 11 is 0. The Bertz CT molecular complexity index is 834. The molecule has 27 heavy (non-hydrogen) atoms. The van der Waals surface area contributed by atoms with E-state index in [2.05, 4.69) is 24.4 Å². The van der Waals surface area contributed by atoms with Crippen molar-refractivity contribution in [1.82, 2.24) is 9.80 Å². The predicted molar refractivity (Wildman–Crippen MR) is 108 cm³/mol. The molecule has 5 nitrogen and oxygen atoms in total. The van der Waals surface area contributed by atoms with Gasteiger partial charge in [0, 0.05) is 18.8 Å². The number of amides is 3. The number of nitrogens with one attached hydrogen (secondary N) is 1. The molecule has 142 valence electrons. The first kappa shape index (κ1) is 19.0. The van der Waals surface area contributed by atoms with Crippen LogP contribution in [0.2, 0.25) is 0 Å². The Labute approximate surface area is 161 Å². The standard InChI is InChI=1S/C22H27N3O2/c1-4-24(22(27)23-20-12-8-5-9-16(20)2)15-21(26)25-14-13-18-10-6-7-11-19(18)17(25)3/h5-12,17H,4,13-15H2,1-3H3,(H,23,27). The fourth-order valence-electron chi connectivity index (χ4n) is 3.60. The highest BCUT2D eigenvalue weighted by Crippen LogP contribution is 2.29. The van der Waals surface area contributed by atoms with Crippen LogP contribution in [0.25, 0.3) is 0 Å². The molecule has 0 bridgehead atoms. The Morgan fingerprint density at radius 1 is 1.15 bits per heavy atom. The molecule has 2 aromatic rings. The largest absolute Gasteiger partial charge is 0.334 e. The summed E-state index contributed by atoms with van der Waals surface area (Å²) in [7, 11) is 0. The number of aryl methyl sites for hydroxylation is 1. The fraction of sp³-hybridized carbons (Fsp3) is 0.364. The van der Waals surface area contributed by atoms with Crippen LogP contribution < -0.4 is 5.32 Å². The van der Waals surface area contributed by atoms with Crippen molar-refractivity contribution in [3.63, 3.8) is 0 Å². The Balaban J connectivity index is 1.67. The van der Waals surface area contributed by atoms with E-state index in [9.17, 15) is 9.59 Å². The maximum Gasteiger partial charge on any atom is 0.322 e. The summed E-state index contributed by atoms with van der Waals surface area (Å²) in [5, 5.41) is 2.91. The maximum atomic E-state index is 12.9. The van der Waals surface area contributed by atoms with E-state index in [1.807, 2.05) is 55.1 Å². The molecule has 1 aliphatic heterocycles. The zero-order valence-electron chi connectivity index (χ0n) is 16.2. The average molecular weight is 365 g/mol. The SMILES string of the molecule is CCN(CC(=O)N1CCc2ccccc2C1C)C(=O)Nc1ccccc1C. The number of nitrogens with zero attached hydrogens (tertiary/aromatic N) is 2. The first-order chi connectivity index (χ1) is 13.0. The van der Waals surface area contributed by atoms with Crippen LogP contribution in [0.5, 0.6) is 0 Å². The number of anilines is 1. The number of carbonyl (C=O) groups is 2. The molecule has 0 saturated carbocycles. The maximum absolute atomic E-state index is 12.9. The topological polar surface area (TPSA) is 52.7 Å². The van der Waals surface area contributed by atoms with Crippen molar-refractivity contribution in [1.29, 1.82) is 0 Å². The summed E-state index contributed by atoms with van der Waals surface area (Å²) in [5.41, 5.74) is 4.27. The zero-order chi connectivity index (χ0) is 19.4. The van der Waals surface area contributed by atoms with E-state index in [0.717, 1.165) is 17.7 Å². The molecular formula is C22H27N3O2. The summed E-state index contributed by atoms with van der Waals surface area (Å²) < 4.78 is 0. The number of para-hydroxylation sites is 1. The smallest absolute Gasteiger partial charge is 0.322 e. The highest BCUT2D eigenvalue weighted by Gasteiger charge is 2.29. The minimum absolute atomic E-state index is 0.0150. The van der Waals surface area contributed by atoms with Gasteiger partial charge in [0.1, 0.15) is 6.54 Å². The third-order valence-electron chi connectivity index (χ3n) is 5.30. The van der Waals surface area contributed by atoms with Gasteiger partial charge >= 0.3 is 6.03 Å². The van der Waals surface area contributed by atoms with E-state index in [4.69, 9.17) is 0 Å². The Kier molecular flexibility index (Phi) is 5.79. The van der Waals surface area contributed by atoms with Crippen molar-refractivity contribution in [2.24, 2.45) is 0 Å². The van der Waals surface area contributed by atoms with Crippen LogP contribution in [0.1, 0.15) is 36.6 Å². The molecular weight excluding hydrogens is 338 g/mol. The number of fused-ring (bicyclic) bond motifs is 1. The summed E-state index contributed by atoms with van der Waals surface area (Å²) in [6.07, 6.45) is 0.855. The van der Waals surface area contributed by atoms with Crippen LogP contribution in [0, 0.1) is 6.92 Å². The summed E-state index contributed by atoms with van der Waals surface area (Å²) in [5.74, 6) is -0.0150. The van der Waals surface area contributed by atoms with Gasteiger partial charge < -0.3 is 15.1 Å². The lowest BCUT2D eigenvalue weighted by molar-refractivity contribution is -0.134. The molecule has 0 radical (unpaired) electrons. The number of carbonyl (C=O) groups excluding carboxylic acids is 2. The van der Waals surface area contributed by atoms with E-state index in [0.29, 0.717) is 13.1 Å². The highest BCUT2D eigenvalue weighted by atomic mass is 16.2. The molecule has 0 aromatic heterocycles. The third kappa shape index (κ3) is 4.13. The fourth-order valence-corrected chi connectivity index (χ4v) is 3.60. The van der Waals surface area contributed by atoms with Crippen molar-refractivity contribution < 1.29 is 9.59 Å². The molecule has 0 aliphatic carbocycles. The zero-order valence-corrected chi connectivity index (χ0v) is 16.2. The Morgan fingerprint density at radius 3 is 2.59 bits per heavy atom. The molecule has 3 rings (SSSR count). The van der Waals surface area contributed by atoms with Gasteiger partial charge in [-0.1, -0.05) is 42.5 Å². The lowest BCUT2D eigenvalue weighted by atomic mass is 9.93. The van der Waals surface area contributed by atoms with Crippen molar-refractivity contribution in [3.8, 4) is 0 Å².